The molecule has 0 saturated heterocycles. The van der Waals surface area contributed by atoms with E-state index in [1.54, 1.807) is 0 Å². The normalized spacial score (nSPS) is 22.3. The van der Waals surface area contributed by atoms with Crippen molar-refractivity contribution in [2.45, 2.75) is 127 Å². The van der Waals surface area contributed by atoms with Crippen LogP contribution in [0.15, 0.2) is 60.7 Å². The third-order valence-electron chi connectivity index (χ3n) is 8.60. The second kappa shape index (κ2) is 32.9. The summed E-state index contributed by atoms with van der Waals surface area (Å²) < 4.78 is 0. The van der Waals surface area contributed by atoms with Crippen molar-refractivity contribution in [3.63, 3.8) is 0 Å². The minimum absolute atomic E-state index is 0. The van der Waals surface area contributed by atoms with Gasteiger partial charge in [0.05, 0.1) is 12.2 Å². The van der Waals surface area contributed by atoms with Gasteiger partial charge in [0.2, 0.25) is 0 Å². The van der Waals surface area contributed by atoms with Crippen LogP contribution in [0.1, 0.15) is 114 Å². The van der Waals surface area contributed by atoms with Crippen LogP contribution in [-0.2, 0) is 0 Å². The fourth-order valence-electron chi connectivity index (χ4n) is 5.99. The van der Waals surface area contributed by atoms with Gasteiger partial charge < -0.3 is 20.6 Å². The van der Waals surface area contributed by atoms with Crippen LogP contribution >= 0.6 is 81.0 Å². The molecule has 0 aromatic heterocycles. The standard InChI is InChI=1S/C17H27NO.C16H25NO.CH4O.6H2S/c1-14(15-10-6-5-7-11-15)18(2)16-12-8-3-4-9-13-17(16)19;1-13(14-9-5-4-6-10-14)17-15-11-7-2-3-8-12-16(15)18;1-2;;;;;;/h5-7,10-11,14,16-17,19H,3-4,8-9,12-13H2,1-2H3;4-6,9-10,13,15-18H,2-3,7-8,11-12H2,1H3;2H,1H3;6*1H2/t14-,16-,17-;13-,15-,16-;;;;;;;/m00......./s1. The molecule has 0 bridgehead atoms. The van der Waals surface area contributed by atoms with Crippen molar-refractivity contribution in [1.29, 1.82) is 0 Å². The van der Waals surface area contributed by atoms with Crippen LogP contribution < -0.4 is 5.32 Å². The summed E-state index contributed by atoms with van der Waals surface area (Å²) in [7, 11) is 3.16. The fourth-order valence-corrected chi connectivity index (χ4v) is 5.99. The third kappa shape index (κ3) is 20.5. The zero-order valence-electron chi connectivity index (χ0n) is 28.0. The molecule has 6 atom stereocenters. The first kappa shape index (κ1) is 54.8. The number of hydrogen-bond donors (Lipinski definition) is 4. The first-order chi connectivity index (χ1) is 19.0. The summed E-state index contributed by atoms with van der Waals surface area (Å²) in [4.78, 5) is 2.37. The molecular formula is C34H68N2O3S6. The molecular weight excluding hydrogens is 677 g/mol. The van der Waals surface area contributed by atoms with E-state index in [0.717, 1.165) is 32.8 Å². The largest absolute Gasteiger partial charge is 0.400 e. The quantitative estimate of drug-likeness (QED) is 0.247. The lowest BCUT2D eigenvalue weighted by molar-refractivity contribution is 0.0267. The maximum atomic E-state index is 10.4. The van der Waals surface area contributed by atoms with Gasteiger partial charge in [-0.2, -0.15) is 81.0 Å². The highest BCUT2D eigenvalue weighted by molar-refractivity contribution is 7.60. The van der Waals surface area contributed by atoms with E-state index in [1.165, 1.54) is 62.5 Å². The Labute approximate surface area is 317 Å². The molecule has 0 aliphatic heterocycles. The highest BCUT2D eigenvalue weighted by atomic mass is 32.1. The van der Waals surface area contributed by atoms with Gasteiger partial charge >= 0.3 is 0 Å². The summed E-state index contributed by atoms with van der Waals surface area (Å²) in [5, 5.41) is 31.2. The summed E-state index contributed by atoms with van der Waals surface area (Å²) in [6, 6.07) is 22.3. The molecule has 5 nitrogen and oxygen atoms in total. The molecule has 2 aromatic carbocycles. The minimum atomic E-state index is -0.184. The average molecular weight is 745 g/mol. The summed E-state index contributed by atoms with van der Waals surface area (Å²) >= 11 is 0. The van der Waals surface area contributed by atoms with Crippen LogP contribution in [0, 0.1) is 0 Å². The average Bonchev–Trinajstić information content (AvgIpc) is 2.96. The Morgan fingerprint density at radius 2 is 0.978 bits per heavy atom. The molecule has 268 valence electrons. The Hall–Kier alpha value is 0.340. The number of rotatable bonds is 6. The summed E-state index contributed by atoms with van der Waals surface area (Å²) in [5.74, 6) is 0. The predicted octanol–water partition coefficient (Wildman–Crippen LogP) is 7.47. The maximum Gasteiger partial charge on any atom is 0.0695 e. The monoisotopic (exact) mass is 744 g/mol. The number of aliphatic hydroxyl groups excluding tert-OH is 3. The van der Waals surface area contributed by atoms with Crippen molar-refractivity contribution < 1.29 is 15.3 Å². The van der Waals surface area contributed by atoms with E-state index in [9.17, 15) is 10.2 Å². The SMILES string of the molecule is CO.C[C@@H](c1ccccc1)N(C)[C@H]1CCCCCC[C@@H]1O.C[C@H](N[C@H]1CCCCCC[C@@H]1O)c1ccccc1.S.S.S.S.S.S. The van der Waals surface area contributed by atoms with E-state index in [1.807, 2.05) is 6.07 Å². The van der Waals surface area contributed by atoms with Crippen molar-refractivity contribution in [1.82, 2.24) is 10.2 Å². The number of likely N-dealkylation sites (N-methyl/N-ethyl adjacent to an activating group) is 1. The van der Waals surface area contributed by atoms with Gasteiger partial charge in [0.15, 0.2) is 0 Å². The molecule has 2 aromatic rings. The molecule has 11 heteroatoms. The molecule has 2 aliphatic carbocycles. The molecule has 0 unspecified atom stereocenters. The minimum Gasteiger partial charge on any atom is -0.400 e. The van der Waals surface area contributed by atoms with E-state index in [4.69, 9.17) is 5.11 Å². The fraction of sp³-hybridized carbons (Fsp3) is 0.647. The molecule has 2 fully saturated rings. The van der Waals surface area contributed by atoms with E-state index in [0.29, 0.717) is 18.1 Å². The van der Waals surface area contributed by atoms with Gasteiger partial charge in [-0.3, -0.25) is 4.90 Å². The molecule has 45 heavy (non-hydrogen) atoms. The van der Waals surface area contributed by atoms with E-state index < -0.39 is 0 Å². The van der Waals surface area contributed by atoms with Gasteiger partial charge in [0, 0.05) is 31.3 Å². The smallest absolute Gasteiger partial charge is 0.0695 e. The molecule has 0 spiro atoms. The molecule has 4 N–H and O–H groups in total. The Morgan fingerprint density at radius 1 is 0.578 bits per heavy atom. The number of nitrogens with one attached hydrogen (secondary N) is 1. The number of benzene rings is 2. The van der Waals surface area contributed by atoms with Crippen molar-refractivity contribution in [2.24, 2.45) is 0 Å². The highest BCUT2D eigenvalue weighted by Gasteiger charge is 2.27. The van der Waals surface area contributed by atoms with E-state index >= 15 is 0 Å². The Balaban J connectivity index is -0.000000199. The lowest BCUT2D eigenvalue weighted by atomic mass is 9.92. The zero-order chi connectivity index (χ0) is 28.5. The summed E-state index contributed by atoms with van der Waals surface area (Å²) in [6.45, 7) is 4.42. The molecule has 2 saturated carbocycles. The van der Waals surface area contributed by atoms with Gasteiger partial charge in [-0.05, 0) is 57.7 Å². The van der Waals surface area contributed by atoms with Crippen molar-refractivity contribution in [3.05, 3.63) is 71.8 Å². The molecule has 2 aliphatic rings. The van der Waals surface area contributed by atoms with Gasteiger partial charge in [0.25, 0.3) is 0 Å². The Morgan fingerprint density at radius 3 is 1.47 bits per heavy atom. The van der Waals surface area contributed by atoms with Crippen LogP contribution in [0.25, 0.3) is 0 Å². The zero-order valence-corrected chi connectivity index (χ0v) is 34.0. The second-order valence-corrected chi connectivity index (χ2v) is 11.3. The molecule has 0 heterocycles. The second-order valence-electron chi connectivity index (χ2n) is 11.3. The predicted molar refractivity (Wildman–Crippen MR) is 226 cm³/mol. The molecule has 0 amide bonds. The van der Waals surface area contributed by atoms with Crippen LogP contribution in [0.3, 0.4) is 0 Å². The van der Waals surface area contributed by atoms with Crippen molar-refractivity contribution >= 4 is 81.0 Å². The van der Waals surface area contributed by atoms with Gasteiger partial charge in [-0.15, -0.1) is 0 Å². The van der Waals surface area contributed by atoms with Gasteiger partial charge in [-0.25, -0.2) is 0 Å². The van der Waals surface area contributed by atoms with Crippen LogP contribution in [0.4, 0.5) is 0 Å². The van der Waals surface area contributed by atoms with E-state index in [-0.39, 0.29) is 99.2 Å². The van der Waals surface area contributed by atoms with Crippen molar-refractivity contribution in [2.75, 3.05) is 14.2 Å². The molecule has 0 radical (unpaired) electrons. The molecule has 4 rings (SSSR count). The topological polar surface area (TPSA) is 76.0 Å². The first-order valence-electron chi connectivity index (χ1n) is 15.4. The third-order valence-corrected chi connectivity index (χ3v) is 8.60. The van der Waals surface area contributed by atoms with Crippen LogP contribution in [0.5, 0.6) is 0 Å². The lowest BCUT2D eigenvalue weighted by Crippen LogP contribution is -2.43. The summed E-state index contributed by atoms with van der Waals surface area (Å²) in [6.07, 6.45) is 13.8. The van der Waals surface area contributed by atoms with Crippen molar-refractivity contribution in [3.8, 4) is 0 Å². The first-order valence-corrected chi connectivity index (χ1v) is 15.4. The summed E-state index contributed by atoms with van der Waals surface area (Å²) in [5.41, 5.74) is 2.63. The van der Waals surface area contributed by atoms with Gasteiger partial charge in [-0.1, -0.05) is 112 Å². The number of nitrogens with zero attached hydrogens (tertiary/aromatic N) is 1. The Kier molecular flexibility index (Phi) is 40.0. The Bertz CT molecular complexity index is 876. The van der Waals surface area contributed by atoms with Crippen LogP contribution in [0.2, 0.25) is 0 Å². The number of hydrogen-bond acceptors (Lipinski definition) is 5. The lowest BCUT2D eigenvalue weighted by Gasteiger charge is -2.37. The van der Waals surface area contributed by atoms with Crippen LogP contribution in [-0.4, -0.2) is 58.7 Å². The maximum absolute atomic E-state index is 10.4. The highest BCUT2D eigenvalue weighted by Crippen LogP contribution is 2.28. The number of aliphatic hydroxyl groups is 3. The van der Waals surface area contributed by atoms with E-state index in [2.05, 4.69) is 85.7 Å². The van der Waals surface area contributed by atoms with Gasteiger partial charge in [0.1, 0.15) is 0 Å².